The minimum atomic E-state index is -0.196. The van der Waals surface area contributed by atoms with Gasteiger partial charge >= 0.3 is 0 Å². The lowest BCUT2D eigenvalue weighted by Crippen LogP contribution is -2.25. The van der Waals surface area contributed by atoms with Crippen molar-refractivity contribution in [2.24, 2.45) is 0 Å². The van der Waals surface area contributed by atoms with Gasteiger partial charge in [0.05, 0.1) is 6.10 Å². The molecule has 0 saturated heterocycles. The van der Waals surface area contributed by atoms with Crippen LogP contribution in [0.5, 0.6) is 5.75 Å². The topological polar surface area (TPSA) is 71.2 Å². The van der Waals surface area contributed by atoms with E-state index in [4.69, 9.17) is 4.74 Å². The van der Waals surface area contributed by atoms with E-state index >= 15 is 0 Å². The van der Waals surface area contributed by atoms with Crippen molar-refractivity contribution in [3.8, 4) is 5.75 Å². The van der Waals surface area contributed by atoms with Gasteiger partial charge in [-0.1, -0.05) is 25.1 Å². The smallest absolute Gasteiger partial charge is 0.268 e. The van der Waals surface area contributed by atoms with Gasteiger partial charge in [-0.25, -0.2) is 0 Å². The van der Waals surface area contributed by atoms with Crippen LogP contribution in [0.1, 0.15) is 77.2 Å². The molecule has 0 aliphatic heterocycles. The highest BCUT2D eigenvalue weighted by Gasteiger charge is 2.22. The van der Waals surface area contributed by atoms with Gasteiger partial charge in [0.15, 0.2) is 5.78 Å². The fourth-order valence-electron chi connectivity index (χ4n) is 3.92. The highest BCUT2D eigenvalue weighted by Crippen LogP contribution is 2.27. The summed E-state index contributed by atoms with van der Waals surface area (Å²) in [6.45, 7) is 5.71. The number of aryl methyl sites for hydroxylation is 1. The highest BCUT2D eigenvalue weighted by atomic mass is 16.5. The number of para-hydroxylation sites is 1. The first-order valence-corrected chi connectivity index (χ1v) is 9.76. The lowest BCUT2D eigenvalue weighted by Gasteiger charge is -2.16. The second-order valence-corrected chi connectivity index (χ2v) is 7.20. The van der Waals surface area contributed by atoms with Gasteiger partial charge < -0.3 is 15.0 Å². The van der Waals surface area contributed by atoms with Crippen molar-refractivity contribution in [2.75, 3.05) is 0 Å². The molecule has 0 atom stereocenters. The summed E-state index contributed by atoms with van der Waals surface area (Å²) in [5.41, 5.74) is 3.61. The van der Waals surface area contributed by atoms with Gasteiger partial charge in [-0.15, -0.1) is 0 Å². The van der Waals surface area contributed by atoms with Crippen LogP contribution in [0.15, 0.2) is 24.3 Å². The third-order valence-corrected chi connectivity index (χ3v) is 5.23. The SMILES string of the molecule is CCc1c(C(=O)NCc2ccccc2OC2CCCC2)[nH]c(C)c1C(C)=O. The Morgan fingerprint density at radius 1 is 1.22 bits per heavy atom. The van der Waals surface area contributed by atoms with E-state index in [1.807, 2.05) is 38.1 Å². The first-order valence-electron chi connectivity index (χ1n) is 9.76. The number of H-pyrrole nitrogens is 1. The van der Waals surface area contributed by atoms with E-state index in [1.54, 1.807) is 0 Å². The highest BCUT2D eigenvalue weighted by molar-refractivity contribution is 6.02. The number of benzene rings is 1. The van der Waals surface area contributed by atoms with E-state index in [9.17, 15) is 9.59 Å². The van der Waals surface area contributed by atoms with Crippen molar-refractivity contribution < 1.29 is 14.3 Å². The molecule has 2 N–H and O–H groups in total. The maximum atomic E-state index is 12.7. The minimum absolute atomic E-state index is 0.0186. The van der Waals surface area contributed by atoms with Crippen LogP contribution in [-0.2, 0) is 13.0 Å². The molecule has 0 spiro atoms. The molecule has 5 nitrogen and oxygen atoms in total. The van der Waals surface area contributed by atoms with Gasteiger partial charge in [-0.2, -0.15) is 0 Å². The number of ketones is 1. The molecule has 0 unspecified atom stereocenters. The summed E-state index contributed by atoms with van der Waals surface area (Å²) in [6.07, 6.45) is 5.52. The predicted molar refractivity (Wildman–Crippen MR) is 105 cm³/mol. The monoisotopic (exact) mass is 368 g/mol. The zero-order valence-electron chi connectivity index (χ0n) is 16.4. The second kappa shape index (κ2) is 8.42. The number of aromatic nitrogens is 1. The van der Waals surface area contributed by atoms with E-state index in [0.717, 1.165) is 35.4 Å². The van der Waals surface area contributed by atoms with Crippen LogP contribution in [0.2, 0.25) is 0 Å². The Morgan fingerprint density at radius 3 is 2.59 bits per heavy atom. The Labute approximate surface area is 160 Å². The maximum Gasteiger partial charge on any atom is 0.268 e. The maximum absolute atomic E-state index is 12.7. The van der Waals surface area contributed by atoms with Crippen LogP contribution in [-0.4, -0.2) is 22.8 Å². The Balaban J connectivity index is 1.73. The number of nitrogens with one attached hydrogen (secondary N) is 2. The number of Topliss-reactive ketones (excluding diaryl/α,β-unsaturated/α-hetero) is 1. The first kappa shape index (κ1) is 19.2. The molecule has 27 heavy (non-hydrogen) atoms. The van der Waals surface area contributed by atoms with Crippen molar-refractivity contribution >= 4 is 11.7 Å². The largest absolute Gasteiger partial charge is 0.490 e. The zero-order valence-corrected chi connectivity index (χ0v) is 16.4. The van der Waals surface area contributed by atoms with Crippen LogP contribution < -0.4 is 10.1 Å². The van der Waals surface area contributed by atoms with Crippen LogP contribution in [0, 0.1) is 6.92 Å². The molecular formula is C22H28N2O3. The average molecular weight is 368 g/mol. The normalized spacial score (nSPS) is 14.3. The fraction of sp³-hybridized carbons (Fsp3) is 0.455. The number of rotatable bonds is 7. The molecular weight excluding hydrogens is 340 g/mol. The van der Waals surface area contributed by atoms with Crippen LogP contribution in [0.25, 0.3) is 0 Å². The summed E-state index contributed by atoms with van der Waals surface area (Å²) in [5.74, 6) is 0.626. The predicted octanol–water partition coefficient (Wildman–Crippen LogP) is 4.34. The summed E-state index contributed by atoms with van der Waals surface area (Å²) in [4.78, 5) is 27.7. The number of carbonyl (C=O) groups is 2. The molecule has 1 aromatic carbocycles. The summed E-state index contributed by atoms with van der Waals surface area (Å²) < 4.78 is 6.14. The van der Waals surface area contributed by atoms with E-state index in [2.05, 4.69) is 10.3 Å². The number of carbonyl (C=O) groups excluding carboxylic acids is 2. The number of hydrogen-bond donors (Lipinski definition) is 2. The summed E-state index contributed by atoms with van der Waals surface area (Å²) in [5, 5.41) is 2.97. The van der Waals surface area contributed by atoms with Crippen LogP contribution >= 0.6 is 0 Å². The molecule has 144 valence electrons. The molecule has 5 heteroatoms. The number of hydrogen-bond acceptors (Lipinski definition) is 3. The molecule has 1 saturated carbocycles. The van der Waals surface area contributed by atoms with Crippen molar-refractivity contribution in [2.45, 2.75) is 65.5 Å². The molecule has 0 bridgehead atoms. The average Bonchev–Trinajstić information content (AvgIpc) is 3.27. The molecule has 2 aromatic rings. The van der Waals surface area contributed by atoms with Gasteiger partial charge in [0.2, 0.25) is 0 Å². The van der Waals surface area contributed by atoms with Crippen molar-refractivity contribution in [1.29, 1.82) is 0 Å². The standard InChI is InChI=1S/C22H28N2O3/c1-4-18-20(15(3)25)14(2)24-21(18)22(26)23-13-16-9-5-8-12-19(16)27-17-10-6-7-11-17/h5,8-9,12,17,24H,4,6-7,10-11,13H2,1-3H3,(H,23,26). The summed E-state index contributed by atoms with van der Waals surface area (Å²) in [6, 6.07) is 7.85. The molecule has 3 rings (SSSR count). The Morgan fingerprint density at radius 2 is 1.93 bits per heavy atom. The van der Waals surface area contributed by atoms with Crippen LogP contribution in [0.3, 0.4) is 0 Å². The van der Waals surface area contributed by atoms with Crippen molar-refractivity contribution in [3.05, 3.63) is 52.3 Å². The molecule has 1 aliphatic rings. The third kappa shape index (κ3) is 4.24. The van der Waals surface area contributed by atoms with Crippen molar-refractivity contribution in [1.82, 2.24) is 10.3 Å². The first-order chi connectivity index (χ1) is 13.0. The lowest BCUT2D eigenvalue weighted by molar-refractivity contribution is 0.0944. The molecule has 1 aliphatic carbocycles. The molecule has 0 radical (unpaired) electrons. The van der Waals surface area contributed by atoms with Gasteiger partial charge in [0.25, 0.3) is 5.91 Å². The molecule has 1 aromatic heterocycles. The Bertz CT molecular complexity index is 832. The number of ether oxygens (including phenoxy) is 1. The van der Waals surface area contributed by atoms with Gasteiger partial charge in [-0.3, -0.25) is 9.59 Å². The quantitative estimate of drug-likeness (QED) is 0.714. The third-order valence-electron chi connectivity index (χ3n) is 5.23. The Kier molecular flexibility index (Phi) is 5.99. The molecule has 1 amide bonds. The number of amides is 1. The minimum Gasteiger partial charge on any atom is -0.490 e. The van der Waals surface area contributed by atoms with Crippen molar-refractivity contribution in [3.63, 3.8) is 0 Å². The van der Waals surface area contributed by atoms with E-state index < -0.39 is 0 Å². The zero-order chi connectivity index (χ0) is 19.4. The summed E-state index contributed by atoms with van der Waals surface area (Å²) >= 11 is 0. The van der Waals surface area contributed by atoms with Gasteiger partial charge in [-0.05, 0) is 57.6 Å². The molecule has 1 fully saturated rings. The number of aromatic amines is 1. The van der Waals surface area contributed by atoms with E-state index in [0.29, 0.717) is 24.2 Å². The Hall–Kier alpha value is -2.56. The fourth-order valence-corrected chi connectivity index (χ4v) is 3.92. The van der Waals surface area contributed by atoms with E-state index in [-0.39, 0.29) is 17.8 Å². The second-order valence-electron chi connectivity index (χ2n) is 7.20. The lowest BCUT2D eigenvalue weighted by atomic mass is 10.0. The van der Waals surface area contributed by atoms with Gasteiger partial charge in [0.1, 0.15) is 11.4 Å². The molecule has 1 heterocycles. The van der Waals surface area contributed by atoms with Gasteiger partial charge in [0, 0.05) is 23.4 Å². The summed E-state index contributed by atoms with van der Waals surface area (Å²) in [7, 11) is 0. The van der Waals surface area contributed by atoms with E-state index in [1.165, 1.54) is 19.8 Å². The van der Waals surface area contributed by atoms with Crippen LogP contribution in [0.4, 0.5) is 0 Å².